The lowest BCUT2D eigenvalue weighted by atomic mass is 10.0. The number of fused-ring (bicyclic) bond motifs is 1. The zero-order valence-electron chi connectivity index (χ0n) is 13.5. The predicted molar refractivity (Wildman–Crippen MR) is 95.0 cm³/mol. The molecule has 3 rings (SSSR count). The van der Waals surface area contributed by atoms with Gasteiger partial charge in [0.1, 0.15) is 34.4 Å². The molecule has 0 aromatic carbocycles. The highest BCUT2D eigenvalue weighted by molar-refractivity contribution is 8.00. The van der Waals surface area contributed by atoms with Crippen LogP contribution in [0, 0.1) is 0 Å². The monoisotopic (exact) mass is 394 g/mol. The number of thioether (sulfide) groups is 1. The zero-order chi connectivity index (χ0) is 18.8. The van der Waals surface area contributed by atoms with E-state index in [1.165, 1.54) is 42.2 Å². The zero-order valence-corrected chi connectivity index (χ0v) is 15.2. The van der Waals surface area contributed by atoms with Crippen molar-refractivity contribution in [2.45, 2.75) is 18.3 Å². The van der Waals surface area contributed by atoms with Gasteiger partial charge in [-0.05, 0) is 0 Å². The maximum Gasteiger partial charge on any atom is 0.352 e. The lowest BCUT2D eigenvalue weighted by Gasteiger charge is -2.49. The highest BCUT2D eigenvalue weighted by Crippen LogP contribution is 2.40. The molecule has 0 unspecified atom stereocenters. The predicted octanol–water partition coefficient (Wildman–Crippen LogP) is -0.0728. The van der Waals surface area contributed by atoms with Gasteiger partial charge in [0.05, 0.1) is 6.20 Å². The average Bonchev–Trinajstić information content (AvgIpc) is 2.63. The first-order valence-corrected chi connectivity index (χ1v) is 8.96. The number of rotatable bonds is 5. The maximum absolute atomic E-state index is 12.5. The van der Waals surface area contributed by atoms with Gasteiger partial charge in [-0.3, -0.25) is 24.5 Å². The summed E-state index contributed by atoms with van der Waals surface area (Å²) in [6, 6.07) is -0.654. The standard InChI is InChI=1S/C15H14N4O5S2/c1-7(20)24-5-8-6-26-14-10(13(21)19(14)11(8)15(22)23)18-12(25)9-4-16-2-3-17-9/h2-4,10,14H,5-6H2,1H3,(H,18,25)(H,22,23)/t10-,14-/m1/s1. The number of carboxylic acids is 1. The number of ether oxygens (including phenoxy) is 1. The van der Waals surface area contributed by atoms with E-state index in [9.17, 15) is 19.5 Å². The van der Waals surface area contributed by atoms with Crippen LogP contribution in [0.25, 0.3) is 0 Å². The van der Waals surface area contributed by atoms with Crippen molar-refractivity contribution in [3.8, 4) is 0 Å². The second-order valence-corrected chi connectivity index (χ2v) is 7.00. The second kappa shape index (κ2) is 7.38. The van der Waals surface area contributed by atoms with Crippen LogP contribution in [-0.2, 0) is 19.1 Å². The molecule has 11 heteroatoms. The number of hydrogen-bond acceptors (Lipinski definition) is 8. The number of carbonyl (C=O) groups excluding carboxylic acids is 2. The van der Waals surface area contributed by atoms with Gasteiger partial charge in [0, 0.05) is 30.6 Å². The fraction of sp³-hybridized carbons (Fsp3) is 0.333. The largest absolute Gasteiger partial charge is 0.477 e. The normalized spacial score (nSPS) is 21.6. The van der Waals surface area contributed by atoms with E-state index in [4.69, 9.17) is 17.0 Å². The molecule has 0 spiro atoms. The smallest absolute Gasteiger partial charge is 0.352 e. The third kappa shape index (κ3) is 3.40. The van der Waals surface area contributed by atoms with Gasteiger partial charge in [-0.1, -0.05) is 12.2 Å². The lowest BCUT2D eigenvalue weighted by Crippen LogP contribution is -2.70. The van der Waals surface area contributed by atoms with Crippen molar-refractivity contribution in [3.63, 3.8) is 0 Å². The number of hydrogen-bond donors (Lipinski definition) is 2. The highest BCUT2D eigenvalue weighted by atomic mass is 32.2. The molecule has 1 fully saturated rings. The van der Waals surface area contributed by atoms with Gasteiger partial charge in [0.15, 0.2) is 0 Å². The van der Waals surface area contributed by atoms with Crippen LogP contribution in [0.1, 0.15) is 12.6 Å². The molecular weight excluding hydrogens is 380 g/mol. The molecule has 2 aliphatic heterocycles. The van der Waals surface area contributed by atoms with Gasteiger partial charge in [0.2, 0.25) is 0 Å². The van der Waals surface area contributed by atoms with Crippen LogP contribution in [0.3, 0.4) is 0 Å². The number of amides is 1. The molecule has 0 saturated carbocycles. The minimum Gasteiger partial charge on any atom is -0.477 e. The molecule has 0 radical (unpaired) electrons. The van der Waals surface area contributed by atoms with Crippen molar-refractivity contribution in [3.05, 3.63) is 35.6 Å². The molecule has 26 heavy (non-hydrogen) atoms. The topological polar surface area (TPSA) is 122 Å². The van der Waals surface area contributed by atoms with Crippen molar-refractivity contribution in [2.75, 3.05) is 12.4 Å². The van der Waals surface area contributed by atoms with Crippen LogP contribution in [-0.4, -0.2) is 66.6 Å². The summed E-state index contributed by atoms with van der Waals surface area (Å²) in [4.78, 5) is 44.6. The second-order valence-electron chi connectivity index (χ2n) is 5.49. The van der Waals surface area contributed by atoms with Crippen molar-refractivity contribution < 1.29 is 24.2 Å². The number of aromatic nitrogens is 2. The number of thiocarbonyl (C=S) groups is 1. The van der Waals surface area contributed by atoms with E-state index in [0.29, 0.717) is 17.0 Å². The Balaban J connectivity index is 1.76. The Morgan fingerprint density at radius 3 is 2.88 bits per heavy atom. The Bertz CT molecular complexity index is 814. The molecule has 1 saturated heterocycles. The Hall–Kier alpha value is -2.53. The lowest BCUT2D eigenvalue weighted by molar-refractivity contribution is -0.148. The van der Waals surface area contributed by atoms with E-state index in [-0.39, 0.29) is 17.3 Å². The summed E-state index contributed by atoms with van der Waals surface area (Å²) in [7, 11) is 0. The van der Waals surface area contributed by atoms with Crippen molar-refractivity contribution in [1.29, 1.82) is 0 Å². The van der Waals surface area contributed by atoms with Gasteiger partial charge in [0.25, 0.3) is 5.91 Å². The van der Waals surface area contributed by atoms with Gasteiger partial charge in [-0.25, -0.2) is 4.79 Å². The number of β-lactam (4-membered cyclic amide) rings is 1. The highest BCUT2D eigenvalue weighted by Gasteiger charge is 2.54. The summed E-state index contributed by atoms with van der Waals surface area (Å²) < 4.78 is 4.89. The maximum atomic E-state index is 12.5. The number of nitrogens with zero attached hydrogens (tertiary/aromatic N) is 3. The van der Waals surface area contributed by atoms with E-state index in [1.807, 2.05) is 0 Å². The number of nitrogens with one attached hydrogen (secondary N) is 1. The molecule has 2 atom stereocenters. The van der Waals surface area contributed by atoms with Crippen LogP contribution in [0.5, 0.6) is 0 Å². The van der Waals surface area contributed by atoms with Gasteiger partial charge >= 0.3 is 11.9 Å². The van der Waals surface area contributed by atoms with Gasteiger partial charge < -0.3 is 15.2 Å². The Morgan fingerprint density at radius 2 is 2.27 bits per heavy atom. The number of carboxylic acid groups (broad SMARTS) is 1. The number of carbonyl (C=O) groups is 3. The third-order valence-corrected chi connectivity index (χ3v) is 5.45. The summed E-state index contributed by atoms with van der Waals surface area (Å²) in [5.74, 6) is -1.83. The average molecular weight is 394 g/mol. The Labute approximate surface area is 157 Å². The quantitative estimate of drug-likeness (QED) is 0.398. The van der Waals surface area contributed by atoms with E-state index in [0.717, 1.165) is 0 Å². The van der Waals surface area contributed by atoms with Crippen LogP contribution in [0.4, 0.5) is 0 Å². The van der Waals surface area contributed by atoms with E-state index < -0.39 is 29.3 Å². The third-order valence-electron chi connectivity index (χ3n) is 3.78. The van der Waals surface area contributed by atoms with Crippen molar-refractivity contribution in [2.24, 2.45) is 0 Å². The van der Waals surface area contributed by atoms with Crippen molar-refractivity contribution in [1.82, 2.24) is 20.2 Å². The summed E-state index contributed by atoms with van der Waals surface area (Å²) in [6.45, 7) is 1.08. The molecule has 0 bridgehead atoms. The fourth-order valence-corrected chi connectivity index (χ4v) is 4.17. The van der Waals surface area contributed by atoms with Crippen molar-refractivity contribution >= 4 is 46.8 Å². The summed E-state index contributed by atoms with van der Waals surface area (Å²) in [5, 5.41) is 12.0. The molecule has 1 aromatic heterocycles. The van der Waals surface area contributed by atoms with Crippen LogP contribution in [0.15, 0.2) is 29.9 Å². The molecule has 0 aliphatic carbocycles. The molecule has 1 amide bonds. The number of aliphatic carboxylic acids is 1. The summed E-state index contributed by atoms with van der Waals surface area (Å²) in [6.07, 6.45) is 4.47. The molecular formula is C15H14N4O5S2. The Morgan fingerprint density at radius 1 is 1.50 bits per heavy atom. The molecule has 2 aliphatic rings. The summed E-state index contributed by atoms with van der Waals surface area (Å²) >= 11 is 6.62. The molecule has 1 aromatic rings. The van der Waals surface area contributed by atoms with Gasteiger partial charge in [-0.15, -0.1) is 11.8 Å². The molecule has 136 valence electrons. The minimum atomic E-state index is -1.24. The SMILES string of the molecule is CC(=O)OCC1=C(C(=O)O)N2C(=O)[C@@H](NC(=S)c3cnccn3)[C@H]2SC1. The first-order chi connectivity index (χ1) is 12.4. The fourth-order valence-electron chi connectivity index (χ4n) is 2.61. The Kier molecular flexibility index (Phi) is 5.18. The minimum absolute atomic E-state index is 0.136. The van der Waals surface area contributed by atoms with Crippen LogP contribution >= 0.6 is 24.0 Å². The summed E-state index contributed by atoms with van der Waals surface area (Å²) in [5.41, 5.74) is 0.680. The first-order valence-electron chi connectivity index (χ1n) is 7.50. The van der Waals surface area contributed by atoms with Crippen LogP contribution < -0.4 is 5.32 Å². The molecule has 3 heterocycles. The van der Waals surface area contributed by atoms with Gasteiger partial charge in [-0.2, -0.15) is 0 Å². The van der Waals surface area contributed by atoms with E-state index in [1.54, 1.807) is 0 Å². The molecule has 9 nitrogen and oxygen atoms in total. The number of esters is 1. The molecule has 2 N–H and O–H groups in total. The van der Waals surface area contributed by atoms with E-state index >= 15 is 0 Å². The van der Waals surface area contributed by atoms with Crippen LogP contribution in [0.2, 0.25) is 0 Å². The van der Waals surface area contributed by atoms with E-state index in [2.05, 4.69) is 15.3 Å². The first kappa shape index (κ1) is 18.3.